The molecule has 1 radical (unpaired) electrons. The zero-order valence-corrected chi connectivity index (χ0v) is 20.5. The molecule has 0 saturated heterocycles. The molecule has 173 valence electrons. The summed E-state index contributed by atoms with van der Waals surface area (Å²) in [6, 6.07) is 9.77. The largest absolute Gasteiger partial charge is 0.318 e. The molecule has 0 saturated carbocycles. The zero-order valence-electron chi connectivity index (χ0n) is 20.5. The van der Waals surface area contributed by atoms with Crippen LogP contribution in [-0.4, -0.2) is 11.6 Å². The summed E-state index contributed by atoms with van der Waals surface area (Å²) >= 11 is 0. The van der Waals surface area contributed by atoms with E-state index in [2.05, 4.69) is 32.0 Å². The number of ketones is 2. The lowest BCUT2D eigenvalue weighted by Crippen LogP contribution is -2.22. The summed E-state index contributed by atoms with van der Waals surface area (Å²) in [6.07, 6.45) is 7.61. The molecule has 2 aromatic carbocycles. The Balaban J connectivity index is 0.00000177. The molecule has 0 heterocycles. The molecule has 0 fully saturated rings. The SMILES string of the molecule is CC.CCC(=O)C(N)c1cc(C(=O)CCCc2ccc(C)cc2CC)c(C2=C[CH]2)cc1C.[HH]. The fourth-order valence-electron chi connectivity index (χ4n) is 4.05. The van der Waals surface area contributed by atoms with Gasteiger partial charge in [-0.15, -0.1) is 0 Å². The number of aryl methyl sites for hydroxylation is 4. The van der Waals surface area contributed by atoms with Gasteiger partial charge in [0.25, 0.3) is 0 Å². The van der Waals surface area contributed by atoms with Crippen molar-refractivity contribution < 1.29 is 11.0 Å². The van der Waals surface area contributed by atoms with Crippen molar-refractivity contribution in [3.8, 4) is 0 Å². The van der Waals surface area contributed by atoms with Crippen LogP contribution in [0.4, 0.5) is 0 Å². The second-order valence-corrected chi connectivity index (χ2v) is 8.24. The predicted octanol–water partition coefficient (Wildman–Crippen LogP) is 6.92. The minimum absolute atomic E-state index is 0. The molecular weight excluding hydrogens is 394 g/mol. The van der Waals surface area contributed by atoms with Gasteiger partial charge in [-0.1, -0.05) is 63.6 Å². The van der Waals surface area contributed by atoms with Crippen LogP contribution in [0.5, 0.6) is 0 Å². The second-order valence-electron chi connectivity index (χ2n) is 8.24. The number of allylic oxidation sites excluding steroid dienone is 2. The first-order valence-electron chi connectivity index (χ1n) is 12.0. The molecule has 0 spiro atoms. The number of carbonyl (C=O) groups is 2. The fourth-order valence-corrected chi connectivity index (χ4v) is 4.05. The lowest BCUT2D eigenvalue weighted by Gasteiger charge is -2.17. The van der Waals surface area contributed by atoms with Gasteiger partial charge in [-0.25, -0.2) is 0 Å². The summed E-state index contributed by atoms with van der Waals surface area (Å²) in [5, 5.41) is 0. The highest BCUT2D eigenvalue weighted by atomic mass is 16.1. The summed E-state index contributed by atoms with van der Waals surface area (Å²) < 4.78 is 0. The molecule has 1 aliphatic rings. The smallest absolute Gasteiger partial charge is 0.163 e. The summed E-state index contributed by atoms with van der Waals surface area (Å²) in [5.41, 5.74) is 14.6. The molecule has 2 N–H and O–H groups in total. The molecule has 32 heavy (non-hydrogen) atoms. The highest BCUT2D eigenvalue weighted by Gasteiger charge is 2.24. The van der Waals surface area contributed by atoms with Crippen LogP contribution in [0.25, 0.3) is 5.57 Å². The maximum absolute atomic E-state index is 13.2. The lowest BCUT2D eigenvalue weighted by molar-refractivity contribution is -0.120. The molecular formula is C29H40NO2. The summed E-state index contributed by atoms with van der Waals surface area (Å²) in [7, 11) is 0. The van der Waals surface area contributed by atoms with E-state index in [1.54, 1.807) is 0 Å². The molecule has 3 rings (SSSR count). The Morgan fingerprint density at radius 1 is 1.03 bits per heavy atom. The zero-order chi connectivity index (χ0) is 23.8. The van der Waals surface area contributed by atoms with Crippen molar-refractivity contribution in [3.63, 3.8) is 0 Å². The summed E-state index contributed by atoms with van der Waals surface area (Å²) in [5.74, 6) is 0.113. The number of hydrogen-bond donors (Lipinski definition) is 1. The maximum Gasteiger partial charge on any atom is 0.163 e. The van der Waals surface area contributed by atoms with Crippen LogP contribution >= 0.6 is 0 Å². The first-order valence-corrected chi connectivity index (χ1v) is 12.0. The van der Waals surface area contributed by atoms with E-state index in [9.17, 15) is 9.59 Å². The van der Waals surface area contributed by atoms with Gasteiger partial charge in [0, 0.05) is 26.3 Å². The van der Waals surface area contributed by atoms with E-state index < -0.39 is 6.04 Å². The summed E-state index contributed by atoms with van der Waals surface area (Å²) in [6.45, 7) is 12.1. The van der Waals surface area contributed by atoms with Crippen molar-refractivity contribution >= 4 is 17.1 Å². The van der Waals surface area contributed by atoms with Gasteiger partial charge in [-0.2, -0.15) is 0 Å². The van der Waals surface area contributed by atoms with E-state index >= 15 is 0 Å². The van der Waals surface area contributed by atoms with Crippen LogP contribution < -0.4 is 5.73 Å². The third-order valence-corrected chi connectivity index (χ3v) is 5.97. The van der Waals surface area contributed by atoms with Crippen LogP contribution in [0.15, 0.2) is 36.4 Å². The molecule has 3 nitrogen and oxygen atoms in total. The highest BCUT2D eigenvalue weighted by molar-refractivity contribution is 6.04. The molecule has 0 bridgehead atoms. The van der Waals surface area contributed by atoms with Gasteiger partial charge in [0.15, 0.2) is 11.6 Å². The standard InChI is InChI=1S/C27H32NO2.C2H6.H2/c1-5-19-14-17(3)10-11-20(19)8-7-9-26(30)24-16-22(27(28)25(29)6-2)18(4)15-23(24)21-12-13-21;1-2;/h10-16,27H,5-9,28H2,1-4H3;1-2H3;1H. The van der Waals surface area contributed by atoms with E-state index in [0.717, 1.165) is 41.5 Å². The Morgan fingerprint density at radius 3 is 2.31 bits per heavy atom. The predicted molar refractivity (Wildman–Crippen MR) is 137 cm³/mol. The first kappa shape index (κ1) is 25.7. The Morgan fingerprint density at radius 2 is 1.72 bits per heavy atom. The van der Waals surface area contributed by atoms with Gasteiger partial charge in [-0.3, -0.25) is 9.59 Å². The van der Waals surface area contributed by atoms with Crippen molar-refractivity contribution in [1.29, 1.82) is 0 Å². The van der Waals surface area contributed by atoms with E-state index in [-0.39, 0.29) is 13.0 Å². The fraction of sp³-hybridized carbons (Fsp3) is 0.414. The number of Topliss-reactive ketones (excluding diaryl/α,β-unsaturated/α-hetero) is 2. The highest BCUT2D eigenvalue weighted by Crippen LogP contribution is 2.35. The van der Waals surface area contributed by atoms with Gasteiger partial charge < -0.3 is 5.73 Å². The van der Waals surface area contributed by atoms with E-state index in [1.807, 2.05) is 52.3 Å². The van der Waals surface area contributed by atoms with E-state index in [1.165, 1.54) is 16.7 Å². The van der Waals surface area contributed by atoms with Crippen LogP contribution in [0, 0.1) is 20.3 Å². The number of benzene rings is 2. The number of nitrogens with two attached hydrogens (primary N) is 1. The second kappa shape index (κ2) is 11.9. The third kappa shape index (κ3) is 6.26. The van der Waals surface area contributed by atoms with Crippen molar-refractivity contribution in [2.75, 3.05) is 0 Å². The van der Waals surface area contributed by atoms with Crippen molar-refractivity contribution in [2.24, 2.45) is 5.73 Å². The van der Waals surface area contributed by atoms with Gasteiger partial charge in [-0.05, 0) is 72.6 Å². The van der Waals surface area contributed by atoms with Gasteiger partial charge >= 0.3 is 0 Å². The average molecular weight is 435 g/mol. The Kier molecular flexibility index (Phi) is 9.59. The molecule has 1 unspecified atom stereocenters. The minimum Gasteiger partial charge on any atom is -0.318 e. The molecule has 0 aromatic heterocycles. The Bertz CT molecular complexity index is 1010. The van der Waals surface area contributed by atoms with Crippen molar-refractivity contribution in [3.05, 3.63) is 81.8 Å². The first-order chi connectivity index (χ1) is 15.3. The number of rotatable bonds is 10. The molecule has 1 atom stereocenters. The molecule has 0 aliphatic heterocycles. The van der Waals surface area contributed by atoms with Gasteiger partial charge in [0.2, 0.25) is 0 Å². The van der Waals surface area contributed by atoms with Crippen LogP contribution in [0.3, 0.4) is 0 Å². The van der Waals surface area contributed by atoms with E-state index in [4.69, 9.17) is 5.73 Å². The molecule has 1 aliphatic carbocycles. The van der Waals surface area contributed by atoms with Crippen LogP contribution in [-0.2, 0) is 17.6 Å². The molecule has 0 amide bonds. The molecule has 3 heteroatoms. The van der Waals surface area contributed by atoms with Crippen molar-refractivity contribution in [2.45, 2.75) is 79.7 Å². The number of hydrogen-bond acceptors (Lipinski definition) is 3. The Hall–Kier alpha value is -2.52. The van der Waals surface area contributed by atoms with Crippen LogP contribution in [0.1, 0.15) is 98.2 Å². The lowest BCUT2D eigenvalue weighted by atomic mass is 9.88. The average Bonchev–Trinajstić information content (AvgIpc) is 3.65. The van der Waals surface area contributed by atoms with Crippen LogP contribution in [0.2, 0.25) is 0 Å². The third-order valence-electron chi connectivity index (χ3n) is 5.97. The maximum atomic E-state index is 13.2. The topological polar surface area (TPSA) is 60.2 Å². The Labute approximate surface area is 195 Å². The monoisotopic (exact) mass is 434 g/mol. The molecule has 2 aromatic rings. The van der Waals surface area contributed by atoms with Crippen molar-refractivity contribution in [1.82, 2.24) is 0 Å². The minimum atomic E-state index is -0.674. The summed E-state index contributed by atoms with van der Waals surface area (Å²) in [4.78, 5) is 25.3. The van der Waals surface area contributed by atoms with Gasteiger partial charge in [0.05, 0.1) is 6.04 Å². The van der Waals surface area contributed by atoms with E-state index in [0.29, 0.717) is 18.4 Å². The quantitative estimate of drug-likeness (QED) is 0.413. The number of carbonyl (C=O) groups excluding carboxylic acids is 2. The van der Waals surface area contributed by atoms with Gasteiger partial charge in [0.1, 0.15) is 0 Å². The normalized spacial score (nSPS) is 13.0.